The molecular weight excluding hydrogens is 262 g/mol. The lowest BCUT2D eigenvalue weighted by molar-refractivity contribution is 0.284. The molecule has 1 N–H and O–H groups in total. The number of hydrogen-bond donors (Lipinski definition) is 1. The predicted octanol–water partition coefficient (Wildman–Crippen LogP) is 3.77. The van der Waals surface area contributed by atoms with Crippen LogP contribution in [0.5, 0.6) is 11.5 Å². The monoisotopic (exact) mass is 285 g/mol. The highest BCUT2D eigenvalue weighted by molar-refractivity contribution is 5.43. The van der Waals surface area contributed by atoms with E-state index < -0.39 is 0 Å². The van der Waals surface area contributed by atoms with E-state index in [-0.39, 0.29) is 0 Å². The number of methoxy groups -OCH3 is 1. The van der Waals surface area contributed by atoms with Gasteiger partial charge in [0, 0.05) is 12.6 Å². The van der Waals surface area contributed by atoms with Gasteiger partial charge in [-0.2, -0.15) is 0 Å². The van der Waals surface area contributed by atoms with Gasteiger partial charge in [0.1, 0.15) is 6.61 Å². The van der Waals surface area contributed by atoms with E-state index in [9.17, 15) is 0 Å². The van der Waals surface area contributed by atoms with Crippen molar-refractivity contribution in [2.75, 3.05) is 7.11 Å². The molecule has 3 heteroatoms. The molecule has 2 aromatic carbocycles. The Bertz CT molecular complexity index is 552. The molecule has 0 aliphatic rings. The molecule has 0 spiro atoms. The first-order chi connectivity index (χ1) is 10.2. The fourth-order valence-electron chi connectivity index (χ4n) is 2.00. The first-order valence-electron chi connectivity index (χ1n) is 7.26. The van der Waals surface area contributed by atoms with Gasteiger partial charge < -0.3 is 14.8 Å². The Labute approximate surface area is 126 Å². The predicted molar refractivity (Wildman–Crippen MR) is 85.7 cm³/mol. The van der Waals surface area contributed by atoms with Crippen LogP contribution in [-0.4, -0.2) is 13.2 Å². The lowest BCUT2D eigenvalue weighted by atomic mass is 10.2. The molecule has 0 fully saturated rings. The van der Waals surface area contributed by atoms with Gasteiger partial charge in [-0.15, -0.1) is 0 Å². The number of rotatable bonds is 7. The summed E-state index contributed by atoms with van der Waals surface area (Å²) in [7, 11) is 1.66. The zero-order valence-electron chi connectivity index (χ0n) is 12.9. The third kappa shape index (κ3) is 4.80. The summed E-state index contributed by atoms with van der Waals surface area (Å²) < 4.78 is 11.3. The summed E-state index contributed by atoms with van der Waals surface area (Å²) in [5.41, 5.74) is 2.33. The highest BCUT2D eigenvalue weighted by atomic mass is 16.5. The van der Waals surface area contributed by atoms with E-state index >= 15 is 0 Å². The molecule has 0 heterocycles. The Balaban J connectivity index is 2.06. The SMILES string of the molecule is COc1ccc(CNC(C)C)cc1OCc1ccccc1. The average molecular weight is 285 g/mol. The summed E-state index contributed by atoms with van der Waals surface area (Å²) >= 11 is 0. The van der Waals surface area contributed by atoms with E-state index in [1.807, 2.05) is 30.3 Å². The molecule has 0 saturated carbocycles. The lowest BCUT2D eigenvalue weighted by Crippen LogP contribution is -2.21. The molecule has 0 aliphatic heterocycles. The molecule has 0 bridgehead atoms. The van der Waals surface area contributed by atoms with Crippen molar-refractivity contribution >= 4 is 0 Å². The molecule has 112 valence electrons. The Kier molecular flexibility index (Phi) is 5.64. The van der Waals surface area contributed by atoms with Crippen LogP contribution in [0, 0.1) is 0 Å². The van der Waals surface area contributed by atoms with Gasteiger partial charge in [0.2, 0.25) is 0 Å². The van der Waals surface area contributed by atoms with Crippen LogP contribution in [0.3, 0.4) is 0 Å². The van der Waals surface area contributed by atoms with Crippen molar-refractivity contribution < 1.29 is 9.47 Å². The smallest absolute Gasteiger partial charge is 0.161 e. The van der Waals surface area contributed by atoms with Crippen molar-refractivity contribution in [1.29, 1.82) is 0 Å². The highest BCUT2D eigenvalue weighted by Gasteiger charge is 2.06. The third-order valence-electron chi connectivity index (χ3n) is 3.18. The van der Waals surface area contributed by atoms with Gasteiger partial charge in [-0.25, -0.2) is 0 Å². The first kappa shape index (κ1) is 15.4. The highest BCUT2D eigenvalue weighted by Crippen LogP contribution is 2.28. The van der Waals surface area contributed by atoms with Crippen LogP contribution in [0.15, 0.2) is 48.5 Å². The summed E-state index contributed by atoms with van der Waals surface area (Å²) in [5.74, 6) is 1.55. The molecule has 2 rings (SSSR count). The summed E-state index contributed by atoms with van der Waals surface area (Å²) in [5, 5.41) is 3.40. The summed E-state index contributed by atoms with van der Waals surface area (Å²) in [4.78, 5) is 0. The van der Waals surface area contributed by atoms with Gasteiger partial charge in [-0.1, -0.05) is 50.2 Å². The Morgan fingerprint density at radius 2 is 1.71 bits per heavy atom. The number of hydrogen-bond acceptors (Lipinski definition) is 3. The van der Waals surface area contributed by atoms with E-state index in [0.29, 0.717) is 12.6 Å². The average Bonchev–Trinajstić information content (AvgIpc) is 2.52. The second kappa shape index (κ2) is 7.70. The maximum atomic E-state index is 5.91. The quantitative estimate of drug-likeness (QED) is 0.840. The van der Waals surface area contributed by atoms with Crippen LogP contribution in [0.2, 0.25) is 0 Å². The van der Waals surface area contributed by atoms with Gasteiger partial charge in [0.15, 0.2) is 11.5 Å². The Morgan fingerprint density at radius 3 is 2.38 bits per heavy atom. The van der Waals surface area contributed by atoms with Crippen LogP contribution in [-0.2, 0) is 13.2 Å². The van der Waals surface area contributed by atoms with Gasteiger partial charge in [-0.05, 0) is 23.3 Å². The second-order valence-corrected chi connectivity index (χ2v) is 5.30. The molecular formula is C18H23NO2. The lowest BCUT2D eigenvalue weighted by Gasteiger charge is -2.14. The van der Waals surface area contributed by atoms with Gasteiger partial charge >= 0.3 is 0 Å². The molecule has 21 heavy (non-hydrogen) atoms. The molecule has 3 nitrogen and oxygen atoms in total. The van der Waals surface area contributed by atoms with Crippen LogP contribution < -0.4 is 14.8 Å². The number of ether oxygens (including phenoxy) is 2. The molecule has 0 aliphatic carbocycles. The van der Waals surface area contributed by atoms with Gasteiger partial charge in [0.25, 0.3) is 0 Å². The minimum absolute atomic E-state index is 0.459. The van der Waals surface area contributed by atoms with E-state index in [4.69, 9.17) is 9.47 Å². The summed E-state index contributed by atoms with van der Waals surface area (Å²) in [6.45, 7) is 5.63. The minimum atomic E-state index is 0.459. The van der Waals surface area contributed by atoms with Crippen molar-refractivity contribution in [2.24, 2.45) is 0 Å². The molecule has 0 atom stereocenters. The maximum absolute atomic E-state index is 5.91. The van der Waals surface area contributed by atoms with Crippen LogP contribution in [0.1, 0.15) is 25.0 Å². The molecule has 2 aromatic rings. The minimum Gasteiger partial charge on any atom is -0.493 e. The van der Waals surface area contributed by atoms with Crippen molar-refractivity contribution in [3.63, 3.8) is 0 Å². The standard InChI is InChI=1S/C18H23NO2/c1-14(2)19-12-16-9-10-17(20-3)18(11-16)21-13-15-7-5-4-6-8-15/h4-11,14,19H,12-13H2,1-3H3. The summed E-state index contributed by atoms with van der Waals surface area (Å²) in [6, 6.07) is 16.6. The van der Waals surface area contributed by atoms with Gasteiger partial charge in [-0.3, -0.25) is 0 Å². The summed E-state index contributed by atoms with van der Waals surface area (Å²) in [6.07, 6.45) is 0. The van der Waals surface area contributed by atoms with Crippen molar-refractivity contribution in [3.05, 3.63) is 59.7 Å². The fourth-order valence-corrected chi connectivity index (χ4v) is 2.00. The van der Waals surface area contributed by atoms with Crippen molar-refractivity contribution in [3.8, 4) is 11.5 Å². The largest absolute Gasteiger partial charge is 0.493 e. The zero-order chi connectivity index (χ0) is 15.1. The van der Waals surface area contributed by atoms with Crippen LogP contribution in [0.25, 0.3) is 0 Å². The molecule has 0 saturated heterocycles. The van der Waals surface area contributed by atoms with Crippen LogP contribution in [0.4, 0.5) is 0 Å². The van der Waals surface area contributed by atoms with E-state index in [1.165, 1.54) is 5.56 Å². The third-order valence-corrected chi connectivity index (χ3v) is 3.18. The second-order valence-electron chi connectivity index (χ2n) is 5.30. The zero-order valence-corrected chi connectivity index (χ0v) is 12.9. The van der Waals surface area contributed by atoms with Gasteiger partial charge in [0.05, 0.1) is 7.11 Å². The Morgan fingerprint density at radius 1 is 0.952 bits per heavy atom. The molecule has 0 amide bonds. The Hall–Kier alpha value is -2.00. The fraction of sp³-hybridized carbons (Fsp3) is 0.333. The van der Waals surface area contributed by atoms with Crippen molar-refractivity contribution in [1.82, 2.24) is 5.32 Å². The number of nitrogens with one attached hydrogen (secondary N) is 1. The molecule has 0 unspecified atom stereocenters. The molecule has 0 aromatic heterocycles. The van der Waals surface area contributed by atoms with E-state index in [2.05, 4.69) is 37.4 Å². The number of benzene rings is 2. The normalized spacial score (nSPS) is 10.7. The molecule has 0 radical (unpaired) electrons. The van der Waals surface area contributed by atoms with Crippen LogP contribution >= 0.6 is 0 Å². The maximum Gasteiger partial charge on any atom is 0.161 e. The van der Waals surface area contributed by atoms with Crippen molar-refractivity contribution in [2.45, 2.75) is 33.0 Å². The van der Waals surface area contributed by atoms with E-state index in [1.54, 1.807) is 7.11 Å². The van der Waals surface area contributed by atoms with E-state index in [0.717, 1.165) is 23.6 Å². The first-order valence-corrected chi connectivity index (χ1v) is 7.26. The topological polar surface area (TPSA) is 30.5 Å².